The summed E-state index contributed by atoms with van der Waals surface area (Å²) in [5.41, 5.74) is 1.25. The van der Waals surface area contributed by atoms with Crippen LogP contribution in [0, 0.1) is 0 Å². The first-order valence-corrected chi connectivity index (χ1v) is 3.02. The molecule has 3 heteroatoms. The van der Waals surface area contributed by atoms with Crippen molar-refractivity contribution in [3.8, 4) is 0 Å². The molecule has 50 valence electrons. The molecule has 10 heavy (non-hydrogen) atoms. The van der Waals surface area contributed by atoms with Crippen LogP contribution in [0.4, 0.5) is 0 Å². The van der Waals surface area contributed by atoms with Crippen molar-refractivity contribution < 1.29 is 9.32 Å². The zero-order chi connectivity index (χ0) is 6.97. The maximum absolute atomic E-state index is 11.0. The molecule has 0 fully saturated rings. The summed E-state index contributed by atoms with van der Waals surface area (Å²) in [6.45, 7) is 0. The number of carbonyl (C=O) groups is 1. The molecule has 3 nitrogen and oxygen atoms in total. The average molecular weight is 135 g/mol. The summed E-state index contributed by atoms with van der Waals surface area (Å²) in [4.78, 5) is 11.0. The summed E-state index contributed by atoms with van der Waals surface area (Å²) in [5.74, 6) is 0.0336. The number of nitrogens with zero attached hydrogens (tertiary/aromatic N) is 1. The monoisotopic (exact) mass is 135 g/mol. The van der Waals surface area contributed by atoms with Gasteiger partial charge in [-0.3, -0.25) is 4.79 Å². The first-order chi connectivity index (χ1) is 4.88. The Morgan fingerprint density at radius 2 is 2.50 bits per heavy atom. The zero-order valence-corrected chi connectivity index (χ0v) is 5.20. The summed E-state index contributed by atoms with van der Waals surface area (Å²) in [5, 5.41) is 3.56. The fraction of sp³-hybridized carbons (Fsp3) is 0.143. The highest BCUT2D eigenvalue weighted by atomic mass is 16.5. The Morgan fingerprint density at radius 3 is 3.30 bits per heavy atom. The molecule has 0 radical (unpaired) electrons. The molecule has 0 aliphatic heterocycles. The minimum atomic E-state index is 0.0336. The van der Waals surface area contributed by atoms with Crippen molar-refractivity contribution in [3.63, 3.8) is 0 Å². The predicted molar refractivity (Wildman–Crippen MR) is 34.5 cm³/mol. The second kappa shape index (κ2) is 1.80. The molecule has 1 aliphatic carbocycles. The van der Waals surface area contributed by atoms with Crippen LogP contribution < -0.4 is 0 Å². The van der Waals surface area contributed by atoms with E-state index >= 15 is 0 Å². The number of rotatable bonds is 0. The Bertz CT molecular complexity index is 298. The Kier molecular flexibility index (Phi) is 0.974. The normalized spacial score (nSPS) is 15.4. The van der Waals surface area contributed by atoms with Crippen LogP contribution in [0.15, 0.2) is 16.9 Å². The Balaban J connectivity index is 2.62. The molecule has 0 saturated carbocycles. The zero-order valence-electron chi connectivity index (χ0n) is 5.20. The van der Waals surface area contributed by atoms with Crippen LogP contribution in [-0.2, 0) is 0 Å². The van der Waals surface area contributed by atoms with Gasteiger partial charge in [0.1, 0.15) is 6.26 Å². The van der Waals surface area contributed by atoms with E-state index in [-0.39, 0.29) is 5.78 Å². The van der Waals surface area contributed by atoms with Crippen molar-refractivity contribution >= 4 is 11.9 Å². The van der Waals surface area contributed by atoms with Gasteiger partial charge >= 0.3 is 0 Å². The number of allylic oxidation sites excluding steroid dienone is 1. The van der Waals surface area contributed by atoms with Crippen LogP contribution >= 0.6 is 0 Å². The molecular weight excluding hydrogens is 130 g/mol. The first-order valence-electron chi connectivity index (χ1n) is 3.02. The van der Waals surface area contributed by atoms with Gasteiger partial charge < -0.3 is 4.52 Å². The van der Waals surface area contributed by atoms with Crippen molar-refractivity contribution in [2.24, 2.45) is 0 Å². The van der Waals surface area contributed by atoms with Crippen LogP contribution in [0.5, 0.6) is 0 Å². The van der Waals surface area contributed by atoms with Crippen molar-refractivity contribution in [3.05, 3.63) is 23.6 Å². The first kappa shape index (κ1) is 5.41. The van der Waals surface area contributed by atoms with Gasteiger partial charge in [0, 0.05) is 12.0 Å². The van der Waals surface area contributed by atoms with Crippen molar-refractivity contribution in [1.29, 1.82) is 0 Å². The van der Waals surface area contributed by atoms with Crippen LogP contribution in [0.2, 0.25) is 0 Å². The molecule has 0 bridgehead atoms. The lowest BCUT2D eigenvalue weighted by molar-refractivity contribution is 0.0986. The van der Waals surface area contributed by atoms with Crippen molar-refractivity contribution in [2.75, 3.05) is 0 Å². The van der Waals surface area contributed by atoms with Crippen molar-refractivity contribution in [2.45, 2.75) is 6.42 Å². The van der Waals surface area contributed by atoms with Gasteiger partial charge in [-0.1, -0.05) is 17.3 Å². The van der Waals surface area contributed by atoms with Gasteiger partial charge in [0.05, 0.1) is 0 Å². The van der Waals surface area contributed by atoms with E-state index in [4.69, 9.17) is 0 Å². The topological polar surface area (TPSA) is 43.1 Å². The number of aromatic nitrogens is 1. The van der Waals surface area contributed by atoms with Crippen LogP contribution in [-0.4, -0.2) is 10.9 Å². The molecule has 1 aromatic rings. The van der Waals surface area contributed by atoms with Crippen molar-refractivity contribution in [1.82, 2.24) is 5.16 Å². The molecular formula is C7H5NO2. The quantitative estimate of drug-likeness (QED) is 0.538. The summed E-state index contributed by atoms with van der Waals surface area (Å²) < 4.78 is 4.62. The van der Waals surface area contributed by atoms with E-state index in [1.165, 1.54) is 6.26 Å². The minimum absolute atomic E-state index is 0.0336. The van der Waals surface area contributed by atoms with E-state index < -0.39 is 0 Å². The number of carbonyl (C=O) groups excluding carboxylic acids is 1. The van der Waals surface area contributed by atoms with Gasteiger partial charge in [-0.05, 0) is 0 Å². The van der Waals surface area contributed by atoms with E-state index in [2.05, 4.69) is 9.68 Å². The molecule has 0 N–H and O–H groups in total. The van der Waals surface area contributed by atoms with Crippen LogP contribution in [0.1, 0.15) is 22.5 Å². The minimum Gasteiger partial charge on any atom is -0.363 e. The maximum Gasteiger partial charge on any atom is 0.189 e. The van der Waals surface area contributed by atoms with E-state index in [0.717, 1.165) is 5.56 Å². The molecule has 1 heterocycles. The summed E-state index contributed by atoms with van der Waals surface area (Å²) >= 11 is 0. The molecule has 1 aromatic heterocycles. The van der Waals surface area contributed by atoms with Crippen LogP contribution in [0.3, 0.4) is 0 Å². The largest absolute Gasteiger partial charge is 0.363 e. The highest BCUT2D eigenvalue weighted by molar-refractivity contribution is 6.00. The van der Waals surface area contributed by atoms with E-state index in [0.29, 0.717) is 12.1 Å². The third-order valence-electron chi connectivity index (χ3n) is 1.46. The van der Waals surface area contributed by atoms with Gasteiger partial charge in [0.15, 0.2) is 11.5 Å². The number of hydrogen-bond donors (Lipinski definition) is 0. The van der Waals surface area contributed by atoms with Gasteiger partial charge in [-0.25, -0.2) is 0 Å². The standard InChI is InChI=1S/C7H5NO2/c9-6-3-1-2-5-4-10-8-7(5)6/h1-2,4H,3H2. The predicted octanol–water partition coefficient (Wildman–Crippen LogP) is 1.27. The molecule has 0 aromatic carbocycles. The fourth-order valence-corrected chi connectivity index (χ4v) is 0.964. The summed E-state index contributed by atoms with van der Waals surface area (Å²) in [6.07, 6.45) is 5.57. The second-order valence-corrected chi connectivity index (χ2v) is 2.15. The molecule has 0 amide bonds. The lowest BCUT2D eigenvalue weighted by Gasteiger charge is -1.97. The Hall–Kier alpha value is -1.38. The SMILES string of the molecule is O=C1CC=Cc2conc21. The highest BCUT2D eigenvalue weighted by Crippen LogP contribution is 2.16. The van der Waals surface area contributed by atoms with E-state index in [1.807, 2.05) is 12.2 Å². The fourth-order valence-electron chi connectivity index (χ4n) is 0.964. The summed E-state index contributed by atoms with van der Waals surface area (Å²) in [7, 11) is 0. The number of hydrogen-bond acceptors (Lipinski definition) is 3. The van der Waals surface area contributed by atoms with Gasteiger partial charge in [0.2, 0.25) is 0 Å². The summed E-state index contributed by atoms with van der Waals surface area (Å²) in [6, 6.07) is 0. The van der Waals surface area contributed by atoms with E-state index in [1.54, 1.807) is 0 Å². The molecule has 1 aliphatic rings. The van der Waals surface area contributed by atoms with Gasteiger partial charge in [0.25, 0.3) is 0 Å². The Labute approximate surface area is 57.3 Å². The Morgan fingerprint density at radius 1 is 1.60 bits per heavy atom. The number of ketones is 1. The van der Waals surface area contributed by atoms with Gasteiger partial charge in [-0.15, -0.1) is 0 Å². The lowest BCUT2D eigenvalue weighted by atomic mass is 10.1. The third-order valence-corrected chi connectivity index (χ3v) is 1.46. The highest BCUT2D eigenvalue weighted by Gasteiger charge is 2.16. The van der Waals surface area contributed by atoms with Crippen LogP contribution in [0.25, 0.3) is 6.08 Å². The number of Topliss-reactive ketones (excluding diaryl/α,β-unsaturated/α-hetero) is 1. The molecule has 0 unspecified atom stereocenters. The average Bonchev–Trinajstić information content (AvgIpc) is 2.36. The maximum atomic E-state index is 11.0. The molecule has 0 spiro atoms. The molecule has 0 atom stereocenters. The lowest BCUT2D eigenvalue weighted by Crippen LogP contribution is -2.02. The second-order valence-electron chi connectivity index (χ2n) is 2.15. The third kappa shape index (κ3) is 0.603. The molecule has 0 saturated heterocycles. The van der Waals surface area contributed by atoms with E-state index in [9.17, 15) is 4.79 Å². The van der Waals surface area contributed by atoms with Gasteiger partial charge in [-0.2, -0.15) is 0 Å². The molecule has 2 rings (SSSR count). The number of fused-ring (bicyclic) bond motifs is 1. The smallest absolute Gasteiger partial charge is 0.189 e.